The zero-order valence-electron chi connectivity index (χ0n) is 14.2. The van der Waals surface area contributed by atoms with Gasteiger partial charge in [-0.1, -0.05) is 0 Å². The third kappa shape index (κ3) is 4.42. The molecule has 1 aliphatic heterocycles. The molecule has 0 radical (unpaired) electrons. The van der Waals surface area contributed by atoms with Gasteiger partial charge in [-0.2, -0.15) is 0 Å². The van der Waals surface area contributed by atoms with Gasteiger partial charge in [0.25, 0.3) is 11.7 Å². The van der Waals surface area contributed by atoms with Gasteiger partial charge in [0, 0.05) is 33.9 Å². The highest BCUT2D eigenvalue weighted by Crippen LogP contribution is 2.13. The van der Waals surface area contributed by atoms with Crippen LogP contribution in [0.5, 0.6) is 0 Å². The van der Waals surface area contributed by atoms with E-state index in [0.29, 0.717) is 18.7 Å². The fourth-order valence-electron chi connectivity index (χ4n) is 2.41. The first kappa shape index (κ1) is 18.2. The molecule has 132 valence electrons. The number of aromatic nitrogens is 1. The minimum atomic E-state index is -0.708. The standard InChI is InChI=1S/C16H23N3O5/c1-18(2)14(20)10-24-13-6-8-23-9-11(13)17-16(22)15(21)12-5-4-7-19(12)3/h4-5,7,11,13H,6,8-10H2,1-3H3,(H,17,22). The molecule has 1 saturated heterocycles. The van der Waals surface area contributed by atoms with Crippen molar-refractivity contribution in [2.45, 2.75) is 18.6 Å². The molecular weight excluding hydrogens is 314 g/mol. The van der Waals surface area contributed by atoms with E-state index < -0.39 is 17.7 Å². The van der Waals surface area contributed by atoms with Crippen molar-refractivity contribution in [3.63, 3.8) is 0 Å². The zero-order chi connectivity index (χ0) is 17.7. The van der Waals surface area contributed by atoms with Crippen LogP contribution >= 0.6 is 0 Å². The molecule has 1 N–H and O–H groups in total. The van der Waals surface area contributed by atoms with E-state index in [9.17, 15) is 14.4 Å². The third-order valence-corrected chi connectivity index (χ3v) is 3.91. The van der Waals surface area contributed by atoms with Gasteiger partial charge in [-0.25, -0.2) is 0 Å². The van der Waals surface area contributed by atoms with Crippen molar-refractivity contribution in [1.82, 2.24) is 14.8 Å². The van der Waals surface area contributed by atoms with Gasteiger partial charge in [-0.3, -0.25) is 14.4 Å². The summed E-state index contributed by atoms with van der Waals surface area (Å²) < 4.78 is 12.6. The smallest absolute Gasteiger partial charge is 0.294 e. The van der Waals surface area contributed by atoms with E-state index >= 15 is 0 Å². The van der Waals surface area contributed by atoms with Crippen LogP contribution in [-0.2, 0) is 26.1 Å². The van der Waals surface area contributed by atoms with Crippen LogP contribution < -0.4 is 5.32 Å². The predicted molar refractivity (Wildman–Crippen MR) is 85.5 cm³/mol. The first-order valence-electron chi connectivity index (χ1n) is 7.76. The zero-order valence-corrected chi connectivity index (χ0v) is 14.2. The fraction of sp³-hybridized carbons (Fsp3) is 0.562. The maximum absolute atomic E-state index is 12.2. The SMILES string of the molecule is CN(C)C(=O)COC1CCOCC1NC(=O)C(=O)c1cccn1C. The maximum atomic E-state index is 12.2. The van der Waals surface area contributed by atoms with E-state index in [1.165, 1.54) is 4.90 Å². The molecule has 2 rings (SSSR count). The van der Waals surface area contributed by atoms with Crippen LogP contribution in [0.2, 0.25) is 0 Å². The number of nitrogens with one attached hydrogen (secondary N) is 1. The molecule has 0 spiro atoms. The molecule has 2 unspecified atom stereocenters. The Hall–Kier alpha value is -2.19. The molecule has 24 heavy (non-hydrogen) atoms. The lowest BCUT2D eigenvalue weighted by molar-refractivity contribution is -0.139. The second-order valence-corrected chi connectivity index (χ2v) is 5.91. The number of Topliss-reactive ketones (excluding diaryl/α,β-unsaturated/α-hetero) is 1. The Balaban J connectivity index is 1.95. The number of rotatable bonds is 6. The molecule has 2 atom stereocenters. The number of nitrogens with zero attached hydrogens (tertiary/aromatic N) is 2. The summed E-state index contributed by atoms with van der Waals surface area (Å²) in [5.41, 5.74) is 0.310. The monoisotopic (exact) mass is 337 g/mol. The highest BCUT2D eigenvalue weighted by molar-refractivity contribution is 6.42. The fourth-order valence-corrected chi connectivity index (χ4v) is 2.41. The average molecular weight is 337 g/mol. The average Bonchev–Trinajstić information content (AvgIpc) is 2.98. The van der Waals surface area contributed by atoms with Crippen molar-refractivity contribution in [1.29, 1.82) is 0 Å². The van der Waals surface area contributed by atoms with Crippen molar-refractivity contribution >= 4 is 17.6 Å². The van der Waals surface area contributed by atoms with Gasteiger partial charge in [0.1, 0.15) is 6.61 Å². The summed E-state index contributed by atoms with van der Waals surface area (Å²) in [6.07, 6.45) is 1.88. The highest BCUT2D eigenvalue weighted by atomic mass is 16.5. The van der Waals surface area contributed by atoms with Crippen molar-refractivity contribution in [2.75, 3.05) is 33.9 Å². The number of amides is 2. The number of ether oxygens (including phenoxy) is 2. The second kappa shape index (κ2) is 8.07. The van der Waals surface area contributed by atoms with Gasteiger partial charge < -0.3 is 24.3 Å². The molecule has 2 heterocycles. The number of carbonyl (C=O) groups excluding carboxylic acids is 3. The van der Waals surface area contributed by atoms with Crippen LogP contribution in [0.3, 0.4) is 0 Å². The Kier molecular flexibility index (Phi) is 6.10. The van der Waals surface area contributed by atoms with E-state index in [1.54, 1.807) is 44.0 Å². The molecule has 0 aliphatic carbocycles. The Bertz CT molecular complexity index is 611. The molecular formula is C16H23N3O5. The summed E-state index contributed by atoms with van der Waals surface area (Å²) in [4.78, 5) is 37.5. The molecule has 8 nitrogen and oxygen atoms in total. The molecule has 1 aliphatic rings. The van der Waals surface area contributed by atoms with Crippen molar-refractivity contribution in [3.8, 4) is 0 Å². The van der Waals surface area contributed by atoms with Gasteiger partial charge >= 0.3 is 0 Å². The molecule has 0 saturated carbocycles. The predicted octanol–water partition coefficient (Wildman–Crippen LogP) is -0.414. The summed E-state index contributed by atoms with van der Waals surface area (Å²) in [5.74, 6) is -1.48. The summed E-state index contributed by atoms with van der Waals surface area (Å²) in [7, 11) is 4.99. The van der Waals surface area contributed by atoms with Crippen LogP contribution in [-0.4, -0.2) is 73.1 Å². The number of hydrogen-bond acceptors (Lipinski definition) is 5. The highest BCUT2D eigenvalue weighted by Gasteiger charge is 2.31. The number of ketones is 1. The lowest BCUT2D eigenvalue weighted by atomic mass is 10.1. The molecule has 1 fully saturated rings. The van der Waals surface area contributed by atoms with Crippen LogP contribution in [0.1, 0.15) is 16.9 Å². The summed E-state index contributed by atoms with van der Waals surface area (Å²) >= 11 is 0. The number of likely N-dealkylation sites (N-methyl/N-ethyl adjacent to an activating group) is 1. The molecule has 1 aromatic heterocycles. The quantitative estimate of drug-likeness (QED) is 0.563. The largest absolute Gasteiger partial charge is 0.379 e. The molecule has 2 amide bonds. The van der Waals surface area contributed by atoms with Crippen molar-refractivity contribution < 1.29 is 23.9 Å². The molecule has 1 aromatic rings. The van der Waals surface area contributed by atoms with Crippen molar-refractivity contribution in [2.24, 2.45) is 7.05 Å². The number of carbonyl (C=O) groups is 3. The Labute approximate surface area is 140 Å². The van der Waals surface area contributed by atoms with E-state index in [4.69, 9.17) is 9.47 Å². The first-order valence-corrected chi connectivity index (χ1v) is 7.76. The lowest BCUT2D eigenvalue weighted by Crippen LogP contribution is -2.52. The normalized spacial score (nSPS) is 20.5. The number of aryl methyl sites for hydroxylation is 1. The summed E-state index contributed by atoms with van der Waals surface area (Å²) in [5, 5.41) is 2.66. The van der Waals surface area contributed by atoms with Gasteiger partial charge in [0.2, 0.25) is 5.91 Å². The van der Waals surface area contributed by atoms with E-state index in [2.05, 4.69) is 5.32 Å². The minimum absolute atomic E-state index is 0.0736. The minimum Gasteiger partial charge on any atom is -0.379 e. The first-order chi connectivity index (χ1) is 11.4. The summed E-state index contributed by atoms with van der Waals surface area (Å²) in [6, 6.07) is 2.82. The molecule has 8 heteroatoms. The van der Waals surface area contributed by atoms with Crippen LogP contribution in [0.15, 0.2) is 18.3 Å². The van der Waals surface area contributed by atoms with Crippen LogP contribution in [0.25, 0.3) is 0 Å². The second-order valence-electron chi connectivity index (χ2n) is 5.91. The van der Waals surface area contributed by atoms with Gasteiger partial charge in [0.05, 0.1) is 24.4 Å². The van der Waals surface area contributed by atoms with Crippen molar-refractivity contribution in [3.05, 3.63) is 24.0 Å². The topological polar surface area (TPSA) is 89.9 Å². The van der Waals surface area contributed by atoms with Crippen LogP contribution in [0.4, 0.5) is 0 Å². The van der Waals surface area contributed by atoms with Crippen LogP contribution in [0, 0.1) is 0 Å². The Morgan fingerprint density at radius 3 is 2.79 bits per heavy atom. The molecule has 0 aromatic carbocycles. The van der Waals surface area contributed by atoms with Gasteiger partial charge in [0.15, 0.2) is 0 Å². The third-order valence-electron chi connectivity index (χ3n) is 3.91. The summed E-state index contributed by atoms with van der Waals surface area (Å²) in [6.45, 7) is 0.654. The Morgan fingerprint density at radius 1 is 1.42 bits per heavy atom. The van der Waals surface area contributed by atoms with E-state index in [1.807, 2.05) is 0 Å². The molecule has 0 bridgehead atoms. The Morgan fingerprint density at radius 2 is 2.17 bits per heavy atom. The van der Waals surface area contributed by atoms with E-state index in [-0.39, 0.29) is 25.2 Å². The van der Waals surface area contributed by atoms with E-state index in [0.717, 1.165) is 0 Å². The lowest BCUT2D eigenvalue weighted by Gasteiger charge is -2.32. The van der Waals surface area contributed by atoms with Gasteiger partial charge in [-0.05, 0) is 18.6 Å². The number of hydrogen-bond donors (Lipinski definition) is 1. The maximum Gasteiger partial charge on any atom is 0.294 e. The van der Waals surface area contributed by atoms with Gasteiger partial charge in [-0.15, -0.1) is 0 Å².